The molecule has 1 aromatic rings. The van der Waals surface area contributed by atoms with Crippen LogP contribution in [0.1, 0.15) is 12.0 Å². The van der Waals surface area contributed by atoms with Crippen molar-refractivity contribution < 1.29 is 29.0 Å². The van der Waals surface area contributed by atoms with Crippen molar-refractivity contribution in [3.8, 4) is 5.75 Å². The highest BCUT2D eigenvalue weighted by atomic mass is 16.5. The summed E-state index contributed by atoms with van der Waals surface area (Å²) in [4.78, 5) is 39.6. The second kappa shape index (κ2) is 7.33. The molecule has 2 fully saturated rings. The van der Waals surface area contributed by atoms with E-state index in [9.17, 15) is 19.5 Å². The lowest BCUT2D eigenvalue weighted by atomic mass is 10.1. The van der Waals surface area contributed by atoms with Crippen LogP contribution in [0.15, 0.2) is 18.2 Å². The molecule has 0 saturated carbocycles. The van der Waals surface area contributed by atoms with Gasteiger partial charge < -0.3 is 24.4 Å². The van der Waals surface area contributed by atoms with E-state index in [1.165, 1.54) is 12.0 Å². The van der Waals surface area contributed by atoms with Gasteiger partial charge in [0.15, 0.2) is 6.04 Å². The summed E-state index contributed by atoms with van der Waals surface area (Å²) < 4.78 is 10.5. The molecule has 2 saturated heterocycles. The van der Waals surface area contributed by atoms with Crippen LogP contribution >= 0.6 is 0 Å². The summed E-state index contributed by atoms with van der Waals surface area (Å²) in [5.74, 6) is -1.60. The maximum Gasteiger partial charge on any atom is 0.328 e. The second-order valence-corrected chi connectivity index (χ2v) is 6.54. The first-order valence-electron chi connectivity index (χ1n) is 8.48. The van der Waals surface area contributed by atoms with Crippen molar-refractivity contribution >= 4 is 23.5 Å². The van der Waals surface area contributed by atoms with Crippen molar-refractivity contribution in [2.45, 2.75) is 19.4 Å². The van der Waals surface area contributed by atoms with E-state index < -0.39 is 17.9 Å². The van der Waals surface area contributed by atoms with Gasteiger partial charge in [-0.05, 0) is 24.6 Å². The molecule has 8 nitrogen and oxygen atoms in total. The van der Waals surface area contributed by atoms with Crippen LogP contribution < -0.4 is 9.64 Å². The standard InChI is InChI=1S/C18H22N2O6/c1-11-3-4-15(25-2)13(7-11)20-9-12(8-16(20)21)17(22)19-5-6-26-10-14(19)18(23)24/h3-4,7,12,14H,5-6,8-10H2,1-2H3,(H,23,24). The van der Waals surface area contributed by atoms with Gasteiger partial charge in [-0.1, -0.05) is 6.07 Å². The summed E-state index contributed by atoms with van der Waals surface area (Å²) in [6, 6.07) is 4.51. The van der Waals surface area contributed by atoms with Crippen molar-refractivity contribution in [1.82, 2.24) is 4.90 Å². The number of ether oxygens (including phenoxy) is 2. The average Bonchev–Trinajstić information content (AvgIpc) is 3.02. The van der Waals surface area contributed by atoms with E-state index in [4.69, 9.17) is 9.47 Å². The predicted molar refractivity (Wildman–Crippen MR) is 92.1 cm³/mol. The molecule has 8 heteroatoms. The van der Waals surface area contributed by atoms with Gasteiger partial charge in [0.2, 0.25) is 11.8 Å². The van der Waals surface area contributed by atoms with Crippen LogP contribution in [0.4, 0.5) is 5.69 Å². The van der Waals surface area contributed by atoms with Crippen LogP contribution in [-0.4, -0.2) is 67.2 Å². The van der Waals surface area contributed by atoms with Gasteiger partial charge in [-0.15, -0.1) is 0 Å². The van der Waals surface area contributed by atoms with Crippen molar-refractivity contribution in [1.29, 1.82) is 0 Å². The zero-order chi connectivity index (χ0) is 18.8. The van der Waals surface area contributed by atoms with Gasteiger partial charge in [-0.2, -0.15) is 0 Å². The number of nitrogens with zero attached hydrogens (tertiary/aromatic N) is 2. The summed E-state index contributed by atoms with van der Waals surface area (Å²) in [6.07, 6.45) is 0.0552. The number of aliphatic carboxylic acids is 1. The molecule has 2 atom stereocenters. The number of carboxylic acid groups (broad SMARTS) is 1. The van der Waals surface area contributed by atoms with Crippen molar-refractivity contribution in [3.05, 3.63) is 23.8 Å². The monoisotopic (exact) mass is 362 g/mol. The van der Waals surface area contributed by atoms with Crippen molar-refractivity contribution in [2.24, 2.45) is 5.92 Å². The summed E-state index contributed by atoms with van der Waals surface area (Å²) in [6.45, 7) is 2.61. The number of aryl methyl sites for hydroxylation is 1. The number of anilines is 1. The van der Waals surface area contributed by atoms with Crippen LogP contribution in [0.5, 0.6) is 5.75 Å². The first-order valence-corrected chi connectivity index (χ1v) is 8.48. The Morgan fingerprint density at radius 3 is 2.81 bits per heavy atom. The molecule has 2 amide bonds. The van der Waals surface area contributed by atoms with Gasteiger partial charge in [0.05, 0.1) is 31.9 Å². The van der Waals surface area contributed by atoms with E-state index in [0.717, 1.165) is 5.56 Å². The Labute approximate surface area is 151 Å². The third kappa shape index (κ3) is 3.37. The maximum atomic E-state index is 12.9. The van der Waals surface area contributed by atoms with E-state index in [1.807, 2.05) is 19.1 Å². The number of carboxylic acids is 1. The topological polar surface area (TPSA) is 96.4 Å². The molecule has 140 valence electrons. The Hall–Kier alpha value is -2.61. The molecular formula is C18H22N2O6. The zero-order valence-electron chi connectivity index (χ0n) is 14.8. The third-order valence-corrected chi connectivity index (χ3v) is 4.80. The van der Waals surface area contributed by atoms with Crippen LogP contribution in [0.2, 0.25) is 0 Å². The minimum atomic E-state index is -1.10. The van der Waals surface area contributed by atoms with Crippen LogP contribution in [0.25, 0.3) is 0 Å². The highest BCUT2D eigenvalue weighted by Crippen LogP contribution is 2.34. The van der Waals surface area contributed by atoms with E-state index in [1.54, 1.807) is 11.0 Å². The lowest BCUT2D eigenvalue weighted by molar-refractivity contribution is -0.160. The number of methoxy groups -OCH3 is 1. The summed E-state index contributed by atoms with van der Waals surface area (Å²) >= 11 is 0. The second-order valence-electron chi connectivity index (χ2n) is 6.54. The minimum absolute atomic E-state index is 0.0306. The number of benzene rings is 1. The molecular weight excluding hydrogens is 340 g/mol. The molecule has 2 unspecified atom stereocenters. The zero-order valence-corrected chi connectivity index (χ0v) is 14.8. The number of carbonyl (C=O) groups excluding carboxylic acids is 2. The lowest BCUT2D eigenvalue weighted by Crippen LogP contribution is -2.54. The third-order valence-electron chi connectivity index (χ3n) is 4.80. The molecule has 2 aliphatic heterocycles. The fraction of sp³-hybridized carbons (Fsp3) is 0.500. The van der Waals surface area contributed by atoms with Crippen LogP contribution in [-0.2, 0) is 19.1 Å². The average molecular weight is 362 g/mol. The molecule has 0 aromatic heterocycles. The number of rotatable bonds is 4. The first kappa shape index (κ1) is 18.2. The smallest absolute Gasteiger partial charge is 0.328 e. The van der Waals surface area contributed by atoms with E-state index >= 15 is 0 Å². The molecule has 26 heavy (non-hydrogen) atoms. The molecule has 0 spiro atoms. The van der Waals surface area contributed by atoms with E-state index in [-0.39, 0.29) is 37.9 Å². The molecule has 0 bridgehead atoms. The Balaban J connectivity index is 1.80. The van der Waals surface area contributed by atoms with Crippen LogP contribution in [0, 0.1) is 12.8 Å². The fourth-order valence-corrected chi connectivity index (χ4v) is 3.42. The Bertz CT molecular complexity index is 734. The largest absolute Gasteiger partial charge is 0.495 e. The summed E-state index contributed by atoms with van der Waals surface area (Å²) in [5.41, 5.74) is 1.60. The molecule has 2 heterocycles. The van der Waals surface area contributed by atoms with Gasteiger partial charge in [0.1, 0.15) is 5.75 Å². The molecule has 0 radical (unpaired) electrons. The number of carbonyl (C=O) groups is 3. The number of amides is 2. The molecule has 3 rings (SSSR count). The van der Waals surface area contributed by atoms with Gasteiger partial charge in [-0.25, -0.2) is 4.79 Å². The summed E-state index contributed by atoms with van der Waals surface area (Å²) in [5, 5.41) is 9.31. The molecule has 1 aromatic carbocycles. The Kier molecular flexibility index (Phi) is 5.13. The predicted octanol–water partition coefficient (Wildman–Crippen LogP) is 0.669. The number of hydrogen-bond donors (Lipinski definition) is 1. The van der Waals surface area contributed by atoms with Crippen molar-refractivity contribution in [3.63, 3.8) is 0 Å². The number of hydrogen-bond acceptors (Lipinski definition) is 5. The number of morpholine rings is 1. The quantitative estimate of drug-likeness (QED) is 0.846. The summed E-state index contributed by atoms with van der Waals surface area (Å²) in [7, 11) is 1.53. The SMILES string of the molecule is COc1ccc(C)cc1N1CC(C(=O)N2CCOCC2C(=O)O)CC1=O. The van der Waals surface area contributed by atoms with Gasteiger partial charge in [-0.3, -0.25) is 9.59 Å². The normalized spacial score (nSPS) is 23.2. The highest BCUT2D eigenvalue weighted by Gasteiger charge is 2.42. The van der Waals surface area contributed by atoms with E-state index in [0.29, 0.717) is 18.0 Å². The molecule has 0 aliphatic carbocycles. The lowest BCUT2D eigenvalue weighted by Gasteiger charge is -2.34. The Morgan fingerprint density at radius 2 is 2.12 bits per heavy atom. The minimum Gasteiger partial charge on any atom is -0.495 e. The Morgan fingerprint density at radius 1 is 1.35 bits per heavy atom. The molecule has 2 aliphatic rings. The first-order chi connectivity index (χ1) is 12.4. The van der Waals surface area contributed by atoms with Crippen molar-refractivity contribution in [2.75, 3.05) is 38.3 Å². The van der Waals surface area contributed by atoms with Gasteiger partial charge in [0, 0.05) is 19.5 Å². The van der Waals surface area contributed by atoms with Gasteiger partial charge in [0.25, 0.3) is 0 Å². The fourth-order valence-electron chi connectivity index (χ4n) is 3.42. The highest BCUT2D eigenvalue weighted by molar-refractivity contribution is 6.01. The molecule has 1 N–H and O–H groups in total. The maximum absolute atomic E-state index is 12.9. The van der Waals surface area contributed by atoms with Crippen LogP contribution in [0.3, 0.4) is 0 Å². The van der Waals surface area contributed by atoms with E-state index in [2.05, 4.69) is 0 Å². The van der Waals surface area contributed by atoms with Gasteiger partial charge >= 0.3 is 5.97 Å².